The van der Waals surface area contributed by atoms with E-state index in [4.69, 9.17) is 23.2 Å². The summed E-state index contributed by atoms with van der Waals surface area (Å²) in [5.41, 5.74) is 8.30. The molecule has 0 N–H and O–H groups in total. The number of benzene rings is 4. The van der Waals surface area contributed by atoms with Crippen molar-refractivity contribution in [2.75, 3.05) is 0 Å². The zero-order valence-corrected chi connectivity index (χ0v) is 32.1. The average Bonchev–Trinajstić information content (AvgIpc) is 3.15. The summed E-state index contributed by atoms with van der Waals surface area (Å²) in [5.74, 6) is 3.26. The summed E-state index contributed by atoms with van der Waals surface area (Å²) in [4.78, 5) is 0. The van der Waals surface area contributed by atoms with Gasteiger partial charge in [-0.05, 0) is 133 Å². The number of hydrogen-bond donors (Lipinski definition) is 0. The van der Waals surface area contributed by atoms with Crippen LogP contribution in [0.4, 0.5) is 0 Å². The van der Waals surface area contributed by atoms with Crippen LogP contribution in [0.5, 0.6) is 0 Å². The van der Waals surface area contributed by atoms with Crippen LogP contribution < -0.4 is 0 Å². The predicted octanol–water partition coefficient (Wildman–Crippen LogP) is 15.5. The molecule has 0 amide bonds. The van der Waals surface area contributed by atoms with Crippen LogP contribution >= 0.6 is 35.0 Å². The smallest absolute Gasteiger partial charge is 0.0556 e. The average molecular weight is 712 g/mol. The molecule has 0 radical (unpaired) electrons. The summed E-state index contributed by atoms with van der Waals surface area (Å²) in [6, 6.07) is 36.4. The Morgan fingerprint density at radius 1 is 0.469 bits per heavy atom. The van der Waals surface area contributed by atoms with Crippen LogP contribution in [0.25, 0.3) is 0 Å². The molecule has 2 unspecified atom stereocenters. The SMILES string of the molecule is CCCCC1CCC(c2ccc(C(SC(c3ccc(Cl)cc3)c3ccc(C4CCC(CCCC)CC4)cc3)c3ccc(Cl)cc3)cc2)CC1. The quantitative estimate of drug-likeness (QED) is 0.125. The topological polar surface area (TPSA) is 0 Å². The van der Waals surface area contributed by atoms with E-state index in [-0.39, 0.29) is 10.5 Å². The third-order valence-corrected chi connectivity index (χ3v) is 13.8. The van der Waals surface area contributed by atoms with Crippen molar-refractivity contribution >= 4 is 35.0 Å². The third kappa shape index (κ3) is 9.99. The molecule has 0 saturated heterocycles. The standard InChI is InChI=1S/C46H56Cl2S/c1-3-5-7-33-9-13-35(14-10-33)37-17-21-39(22-18-37)45(41-25-29-43(47)30-26-41)49-46(42-27-31-44(48)32-28-42)40-23-19-38(20-24-40)36-15-11-34(12-16-36)8-6-4-2/h17-36,45-46H,3-16H2,1-2H3. The van der Waals surface area contributed by atoms with Gasteiger partial charge in [0, 0.05) is 10.0 Å². The summed E-state index contributed by atoms with van der Waals surface area (Å²) in [7, 11) is 0. The molecule has 0 aliphatic heterocycles. The van der Waals surface area contributed by atoms with Gasteiger partial charge in [-0.15, -0.1) is 11.8 Å². The zero-order valence-electron chi connectivity index (χ0n) is 29.8. The largest absolute Gasteiger partial charge is 0.136 e. The fraction of sp³-hybridized carbons (Fsp3) is 0.478. The second kappa shape index (κ2) is 18.3. The van der Waals surface area contributed by atoms with E-state index < -0.39 is 0 Å². The maximum absolute atomic E-state index is 6.41. The Labute approximate surface area is 311 Å². The molecule has 6 rings (SSSR count). The molecule has 0 nitrogen and oxygen atoms in total. The molecule has 3 heteroatoms. The lowest BCUT2D eigenvalue weighted by Gasteiger charge is -2.30. The number of hydrogen-bond acceptors (Lipinski definition) is 1. The van der Waals surface area contributed by atoms with Gasteiger partial charge in [0.1, 0.15) is 0 Å². The first-order valence-electron chi connectivity index (χ1n) is 19.4. The molecule has 2 atom stereocenters. The van der Waals surface area contributed by atoms with Crippen molar-refractivity contribution in [1.29, 1.82) is 0 Å². The van der Waals surface area contributed by atoms with Crippen LogP contribution in [0.15, 0.2) is 97.1 Å². The van der Waals surface area contributed by atoms with Gasteiger partial charge in [0.15, 0.2) is 0 Å². The third-order valence-electron chi connectivity index (χ3n) is 11.7. The molecule has 0 bridgehead atoms. The van der Waals surface area contributed by atoms with Gasteiger partial charge < -0.3 is 0 Å². The van der Waals surface area contributed by atoms with E-state index in [9.17, 15) is 0 Å². The molecule has 4 aromatic carbocycles. The van der Waals surface area contributed by atoms with E-state index in [1.807, 2.05) is 36.0 Å². The molecule has 49 heavy (non-hydrogen) atoms. The lowest BCUT2D eigenvalue weighted by atomic mass is 9.77. The van der Waals surface area contributed by atoms with Crippen molar-refractivity contribution in [3.8, 4) is 0 Å². The molecule has 0 heterocycles. The zero-order chi connectivity index (χ0) is 34.0. The van der Waals surface area contributed by atoms with E-state index in [1.54, 1.807) is 0 Å². The monoisotopic (exact) mass is 710 g/mol. The minimum absolute atomic E-state index is 0.162. The minimum atomic E-state index is 0.162. The Morgan fingerprint density at radius 2 is 0.776 bits per heavy atom. The van der Waals surface area contributed by atoms with Crippen molar-refractivity contribution in [3.05, 3.63) is 140 Å². The van der Waals surface area contributed by atoms with Crippen molar-refractivity contribution in [3.63, 3.8) is 0 Å². The van der Waals surface area contributed by atoms with E-state index in [0.717, 1.165) is 21.9 Å². The molecule has 0 spiro atoms. The Balaban J connectivity index is 1.24. The minimum Gasteiger partial charge on any atom is -0.136 e. The molecule has 2 aliphatic carbocycles. The van der Waals surface area contributed by atoms with Crippen LogP contribution in [0.2, 0.25) is 10.0 Å². The van der Waals surface area contributed by atoms with Crippen molar-refractivity contribution < 1.29 is 0 Å². The van der Waals surface area contributed by atoms with Gasteiger partial charge in [-0.1, -0.05) is 148 Å². The van der Waals surface area contributed by atoms with Gasteiger partial charge in [0.2, 0.25) is 0 Å². The highest BCUT2D eigenvalue weighted by Crippen LogP contribution is 2.49. The maximum Gasteiger partial charge on any atom is 0.0556 e. The second-order valence-corrected chi connectivity index (χ2v) is 17.1. The number of halogens is 2. The van der Waals surface area contributed by atoms with Gasteiger partial charge in [0.25, 0.3) is 0 Å². The number of rotatable bonds is 14. The Morgan fingerprint density at radius 3 is 1.08 bits per heavy atom. The van der Waals surface area contributed by atoms with E-state index in [1.165, 1.54) is 123 Å². The van der Waals surface area contributed by atoms with Gasteiger partial charge in [0.05, 0.1) is 10.5 Å². The van der Waals surface area contributed by atoms with Crippen LogP contribution in [0, 0.1) is 11.8 Å². The molecule has 2 saturated carbocycles. The van der Waals surface area contributed by atoms with Gasteiger partial charge in [-0.25, -0.2) is 0 Å². The molecule has 4 aromatic rings. The predicted molar refractivity (Wildman–Crippen MR) is 216 cm³/mol. The number of thioether (sulfide) groups is 1. The highest BCUT2D eigenvalue weighted by molar-refractivity contribution is 8.00. The van der Waals surface area contributed by atoms with Gasteiger partial charge in [-0.2, -0.15) is 0 Å². The molecule has 2 aliphatic rings. The van der Waals surface area contributed by atoms with Crippen molar-refractivity contribution in [2.24, 2.45) is 11.8 Å². The first kappa shape index (κ1) is 36.6. The molecular formula is C46H56Cl2S. The second-order valence-electron chi connectivity index (χ2n) is 15.1. The molecule has 260 valence electrons. The van der Waals surface area contributed by atoms with E-state index >= 15 is 0 Å². The molecular weight excluding hydrogens is 655 g/mol. The summed E-state index contributed by atoms with van der Waals surface area (Å²) in [5, 5.41) is 1.88. The lowest BCUT2D eigenvalue weighted by molar-refractivity contribution is 0.304. The molecule has 0 aromatic heterocycles. The number of unbranched alkanes of at least 4 members (excludes halogenated alkanes) is 2. The first-order valence-corrected chi connectivity index (χ1v) is 21.1. The fourth-order valence-corrected chi connectivity index (χ4v) is 10.3. The Bertz CT molecular complexity index is 1410. The van der Waals surface area contributed by atoms with Crippen LogP contribution in [0.1, 0.15) is 159 Å². The maximum atomic E-state index is 6.41. The van der Waals surface area contributed by atoms with Gasteiger partial charge in [-0.3, -0.25) is 0 Å². The summed E-state index contributed by atoms with van der Waals surface area (Å²) in [6.45, 7) is 4.63. The van der Waals surface area contributed by atoms with Gasteiger partial charge >= 0.3 is 0 Å². The Hall–Kier alpha value is -2.19. The van der Waals surface area contributed by atoms with Crippen molar-refractivity contribution in [2.45, 2.75) is 126 Å². The fourth-order valence-electron chi connectivity index (χ4n) is 8.55. The molecule has 2 fully saturated rings. The normalized spacial score (nSPS) is 22.4. The highest BCUT2D eigenvalue weighted by atomic mass is 35.5. The van der Waals surface area contributed by atoms with Crippen LogP contribution in [-0.4, -0.2) is 0 Å². The summed E-state index contributed by atoms with van der Waals surface area (Å²) < 4.78 is 0. The van der Waals surface area contributed by atoms with Crippen molar-refractivity contribution in [1.82, 2.24) is 0 Å². The summed E-state index contributed by atoms with van der Waals surface area (Å²) in [6.07, 6.45) is 19.1. The first-order chi connectivity index (χ1) is 24.0. The van der Waals surface area contributed by atoms with Crippen LogP contribution in [-0.2, 0) is 0 Å². The van der Waals surface area contributed by atoms with E-state index in [2.05, 4.69) is 86.6 Å². The Kier molecular flexibility index (Phi) is 13.7. The highest BCUT2D eigenvalue weighted by Gasteiger charge is 2.27. The lowest BCUT2D eigenvalue weighted by Crippen LogP contribution is -2.13. The summed E-state index contributed by atoms with van der Waals surface area (Å²) >= 11 is 14.8. The van der Waals surface area contributed by atoms with Crippen LogP contribution in [0.3, 0.4) is 0 Å². The van der Waals surface area contributed by atoms with E-state index in [0.29, 0.717) is 11.8 Å².